The quantitative estimate of drug-likeness (QED) is 0.474. The van der Waals surface area contributed by atoms with Crippen molar-refractivity contribution < 1.29 is 14.4 Å². The number of imide groups is 1. The number of anilines is 1. The maximum atomic E-state index is 12.7. The van der Waals surface area contributed by atoms with Crippen molar-refractivity contribution in [1.29, 1.82) is 0 Å². The fourth-order valence-corrected chi connectivity index (χ4v) is 4.24. The molecule has 0 aliphatic carbocycles. The molecule has 1 aliphatic heterocycles. The zero-order chi connectivity index (χ0) is 22.2. The first-order valence-electron chi connectivity index (χ1n) is 9.72. The van der Waals surface area contributed by atoms with E-state index in [1.54, 1.807) is 28.9 Å². The second-order valence-electron chi connectivity index (χ2n) is 7.09. The van der Waals surface area contributed by atoms with Crippen LogP contribution in [0.3, 0.4) is 0 Å². The fraction of sp³-hybridized carbons (Fsp3) is 0.0909. The number of nitrogens with zero attached hydrogens (tertiary/aromatic N) is 5. The van der Waals surface area contributed by atoms with Gasteiger partial charge in [-0.15, -0.1) is 10.2 Å². The van der Waals surface area contributed by atoms with E-state index in [1.165, 1.54) is 6.20 Å². The molecule has 1 N–H and O–H groups in total. The van der Waals surface area contributed by atoms with E-state index in [0.717, 1.165) is 21.9 Å². The van der Waals surface area contributed by atoms with Crippen LogP contribution in [0.25, 0.3) is 5.69 Å². The molecule has 0 bridgehead atoms. The number of benzene rings is 2. The Labute approximate surface area is 186 Å². The van der Waals surface area contributed by atoms with Crippen LogP contribution in [0.15, 0.2) is 60.8 Å². The first-order chi connectivity index (χ1) is 15.5. The molecule has 10 heteroatoms. The van der Waals surface area contributed by atoms with E-state index in [4.69, 9.17) is 0 Å². The summed E-state index contributed by atoms with van der Waals surface area (Å²) in [6, 6.07) is 16.2. The van der Waals surface area contributed by atoms with E-state index in [0.29, 0.717) is 27.4 Å². The minimum Gasteiger partial charge on any atom is -0.296 e. The molecule has 0 saturated carbocycles. The summed E-state index contributed by atoms with van der Waals surface area (Å²) in [5.74, 6) is -1.10. The van der Waals surface area contributed by atoms with Crippen molar-refractivity contribution in [2.75, 3.05) is 5.32 Å². The largest absolute Gasteiger partial charge is 0.296 e. The molecular weight excluding hydrogens is 428 g/mol. The SMILES string of the molecule is Cc1c(C(=O)Nc2nnc(CN3C(=O)c4ccccc4C3=O)s2)cnn1-c1ccccc1. The molecule has 32 heavy (non-hydrogen) atoms. The van der Waals surface area contributed by atoms with Crippen molar-refractivity contribution in [1.82, 2.24) is 24.9 Å². The lowest BCUT2D eigenvalue weighted by Gasteiger charge is -2.10. The summed E-state index contributed by atoms with van der Waals surface area (Å²) in [6.45, 7) is 1.80. The van der Waals surface area contributed by atoms with Crippen LogP contribution in [0.2, 0.25) is 0 Å². The van der Waals surface area contributed by atoms with Gasteiger partial charge in [0.2, 0.25) is 5.13 Å². The first-order valence-corrected chi connectivity index (χ1v) is 10.5. The van der Waals surface area contributed by atoms with E-state index in [-0.39, 0.29) is 29.4 Å². The summed E-state index contributed by atoms with van der Waals surface area (Å²) in [5, 5.41) is 15.7. The molecule has 158 valence electrons. The number of para-hydroxylation sites is 1. The molecule has 0 atom stereocenters. The van der Waals surface area contributed by atoms with Crippen LogP contribution in [0.1, 0.15) is 41.8 Å². The zero-order valence-corrected chi connectivity index (χ0v) is 17.7. The van der Waals surface area contributed by atoms with Crippen LogP contribution in [0, 0.1) is 6.92 Å². The lowest BCUT2D eigenvalue weighted by atomic mass is 10.1. The number of amides is 3. The van der Waals surface area contributed by atoms with Crippen molar-refractivity contribution in [2.45, 2.75) is 13.5 Å². The van der Waals surface area contributed by atoms with Crippen LogP contribution in [-0.4, -0.2) is 42.6 Å². The molecule has 3 amide bonds. The highest BCUT2D eigenvalue weighted by Gasteiger charge is 2.35. The minimum atomic E-state index is -0.367. The van der Waals surface area contributed by atoms with Gasteiger partial charge < -0.3 is 0 Å². The first kappa shape index (κ1) is 19.8. The van der Waals surface area contributed by atoms with Gasteiger partial charge in [-0.25, -0.2) is 4.68 Å². The highest BCUT2D eigenvalue weighted by molar-refractivity contribution is 7.15. The maximum absolute atomic E-state index is 12.7. The Morgan fingerprint density at radius 1 is 0.969 bits per heavy atom. The van der Waals surface area contributed by atoms with Crippen molar-refractivity contribution >= 4 is 34.2 Å². The third kappa shape index (κ3) is 3.36. The van der Waals surface area contributed by atoms with E-state index < -0.39 is 0 Å². The van der Waals surface area contributed by atoms with E-state index in [2.05, 4.69) is 20.6 Å². The molecule has 0 spiro atoms. The third-order valence-electron chi connectivity index (χ3n) is 5.11. The van der Waals surface area contributed by atoms with Crippen molar-refractivity contribution in [3.05, 3.63) is 88.2 Å². The van der Waals surface area contributed by atoms with Gasteiger partial charge in [0.25, 0.3) is 17.7 Å². The number of carbonyl (C=O) groups excluding carboxylic acids is 3. The van der Waals surface area contributed by atoms with Gasteiger partial charge >= 0.3 is 0 Å². The van der Waals surface area contributed by atoms with Gasteiger partial charge in [-0.3, -0.25) is 24.6 Å². The molecule has 0 radical (unpaired) electrons. The molecule has 0 fully saturated rings. The smallest absolute Gasteiger partial charge is 0.261 e. The molecule has 5 rings (SSSR count). The molecule has 0 unspecified atom stereocenters. The molecule has 9 nitrogen and oxygen atoms in total. The summed E-state index contributed by atoms with van der Waals surface area (Å²) < 4.78 is 1.68. The van der Waals surface area contributed by atoms with Gasteiger partial charge in [0, 0.05) is 0 Å². The van der Waals surface area contributed by atoms with Crippen LogP contribution in [-0.2, 0) is 6.54 Å². The molecule has 3 heterocycles. The number of carbonyl (C=O) groups is 3. The summed E-state index contributed by atoms with van der Waals surface area (Å²) in [6.07, 6.45) is 1.50. The molecule has 0 saturated heterocycles. The van der Waals surface area contributed by atoms with Crippen LogP contribution in [0.5, 0.6) is 0 Å². The number of hydrogen-bond donors (Lipinski definition) is 1. The minimum absolute atomic E-state index is 0.00908. The van der Waals surface area contributed by atoms with Gasteiger partial charge in [0.05, 0.1) is 40.8 Å². The molecule has 2 aromatic carbocycles. The third-order valence-corrected chi connectivity index (χ3v) is 5.94. The van der Waals surface area contributed by atoms with Gasteiger partial charge in [-0.05, 0) is 31.2 Å². The maximum Gasteiger partial charge on any atom is 0.261 e. The molecule has 2 aromatic heterocycles. The summed E-state index contributed by atoms with van der Waals surface area (Å²) in [5.41, 5.74) is 2.70. The Morgan fingerprint density at radius 3 is 2.31 bits per heavy atom. The van der Waals surface area contributed by atoms with Gasteiger partial charge in [-0.2, -0.15) is 5.10 Å². The fourth-order valence-electron chi connectivity index (χ4n) is 3.51. The number of rotatable bonds is 5. The standard InChI is InChI=1S/C22H16N6O3S/c1-13-17(11-23-28(13)14-7-3-2-4-8-14)19(29)24-22-26-25-18(32-22)12-27-20(30)15-9-5-6-10-16(15)21(27)31/h2-11H,12H2,1H3,(H,24,26,29). The number of fused-ring (bicyclic) bond motifs is 1. The highest BCUT2D eigenvalue weighted by atomic mass is 32.1. The van der Waals surface area contributed by atoms with Gasteiger partial charge in [0.15, 0.2) is 0 Å². The Hall–Kier alpha value is -4.18. The van der Waals surface area contributed by atoms with E-state index in [1.807, 2.05) is 37.3 Å². The topological polar surface area (TPSA) is 110 Å². The average molecular weight is 444 g/mol. The highest BCUT2D eigenvalue weighted by Crippen LogP contribution is 2.26. The second-order valence-corrected chi connectivity index (χ2v) is 8.15. The summed E-state index contributed by atoms with van der Waals surface area (Å²) >= 11 is 1.11. The average Bonchev–Trinajstić information content (AvgIpc) is 3.48. The van der Waals surface area contributed by atoms with E-state index >= 15 is 0 Å². The van der Waals surface area contributed by atoms with E-state index in [9.17, 15) is 14.4 Å². The van der Waals surface area contributed by atoms with Crippen LogP contribution >= 0.6 is 11.3 Å². The zero-order valence-electron chi connectivity index (χ0n) is 16.8. The number of aromatic nitrogens is 4. The van der Waals surface area contributed by atoms with Crippen molar-refractivity contribution in [3.63, 3.8) is 0 Å². The Balaban J connectivity index is 1.29. The lowest BCUT2D eigenvalue weighted by molar-refractivity contribution is 0.0641. The molecule has 4 aromatic rings. The molecule has 1 aliphatic rings. The van der Waals surface area contributed by atoms with Crippen LogP contribution in [0.4, 0.5) is 5.13 Å². The lowest BCUT2D eigenvalue weighted by Crippen LogP contribution is -2.29. The normalized spacial score (nSPS) is 12.8. The molecular formula is C22H16N6O3S. The predicted molar refractivity (Wildman–Crippen MR) is 117 cm³/mol. The predicted octanol–water partition coefficient (Wildman–Crippen LogP) is 3.08. The van der Waals surface area contributed by atoms with Crippen LogP contribution < -0.4 is 5.32 Å². The Bertz CT molecular complexity index is 1330. The van der Waals surface area contributed by atoms with Gasteiger partial charge in [-0.1, -0.05) is 41.7 Å². The number of nitrogens with one attached hydrogen (secondary N) is 1. The second kappa shape index (κ2) is 7.82. The van der Waals surface area contributed by atoms with Crippen molar-refractivity contribution in [2.24, 2.45) is 0 Å². The Kier molecular flexibility index (Phi) is 4.83. The summed E-state index contributed by atoms with van der Waals surface area (Å²) in [4.78, 5) is 38.9. The van der Waals surface area contributed by atoms with Crippen molar-refractivity contribution in [3.8, 4) is 5.69 Å². The number of hydrogen-bond acceptors (Lipinski definition) is 7. The monoisotopic (exact) mass is 444 g/mol. The summed E-state index contributed by atoms with van der Waals surface area (Å²) in [7, 11) is 0. The van der Waals surface area contributed by atoms with Gasteiger partial charge in [0.1, 0.15) is 5.01 Å². The Morgan fingerprint density at radius 2 is 1.62 bits per heavy atom.